The van der Waals surface area contributed by atoms with Crippen LogP contribution in [0.15, 0.2) is 0 Å². The van der Waals surface area contributed by atoms with E-state index in [1.54, 1.807) is 0 Å². The van der Waals surface area contributed by atoms with Gasteiger partial charge in [0.15, 0.2) is 8.32 Å². The lowest BCUT2D eigenvalue weighted by molar-refractivity contribution is -0.218. The van der Waals surface area contributed by atoms with Crippen molar-refractivity contribution in [2.75, 3.05) is 0 Å². The topological polar surface area (TPSA) is 29.5 Å². The van der Waals surface area contributed by atoms with E-state index in [4.69, 9.17) is 4.43 Å². The van der Waals surface area contributed by atoms with Gasteiger partial charge in [0.25, 0.3) is 0 Å². The smallest absolute Gasteiger partial charge is 0.184 e. The lowest BCUT2D eigenvalue weighted by Crippen LogP contribution is -2.66. The third-order valence-corrected chi connectivity index (χ3v) is 12.3. The second-order valence-corrected chi connectivity index (χ2v) is 18.6. The van der Waals surface area contributed by atoms with Crippen LogP contribution in [0.2, 0.25) is 19.6 Å². The summed E-state index contributed by atoms with van der Waals surface area (Å²) in [6.07, 6.45) is 8.70. The minimum Gasteiger partial charge on any atom is -0.414 e. The Kier molecular flexibility index (Phi) is 7.27. The van der Waals surface area contributed by atoms with Gasteiger partial charge in [-0.1, -0.05) is 53.9 Å². The molecule has 0 radical (unpaired) electrons. The van der Waals surface area contributed by atoms with Gasteiger partial charge in [-0.3, -0.25) is 0 Å². The maximum Gasteiger partial charge on any atom is 0.184 e. The molecule has 192 valence electrons. The molecule has 4 aliphatic carbocycles. The highest BCUT2D eigenvalue weighted by Crippen LogP contribution is 2.70. The molecule has 0 bridgehead atoms. The second-order valence-electron chi connectivity index (χ2n) is 14.1. The fourth-order valence-corrected chi connectivity index (χ4v) is 11.3. The molecule has 4 fully saturated rings. The van der Waals surface area contributed by atoms with Crippen LogP contribution in [0.3, 0.4) is 0 Å². The van der Waals surface area contributed by atoms with Crippen molar-refractivity contribution in [2.45, 2.75) is 130 Å². The molecule has 4 aliphatic rings. The summed E-state index contributed by atoms with van der Waals surface area (Å²) in [7, 11) is -1.80. The van der Waals surface area contributed by atoms with Crippen molar-refractivity contribution >= 4 is 8.32 Å². The molecule has 0 amide bonds. The van der Waals surface area contributed by atoms with E-state index in [-0.39, 0.29) is 23.4 Å². The Balaban J connectivity index is 1.77. The summed E-state index contributed by atoms with van der Waals surface area (Å²) in [4.78, 5) is 0. The van der Waals surface area contributed by atoms with Gasteiger partial charge in [-0.25, -0.2) is 4.39 Å². The molecule has 0 aliphatic heterocycles. The Morgan fingerprint density at radius 2 is 1.64 bits per heavy atom. The van der Waals surface area contributed by atoms with Crippen molar-refractivity contribution in [1.29, 1.82) is 0 Å². The van der Waals surface area contributed by atoms with Crippen molar-refractivity contribution in [1.82, 2.24) is 0 Å². The average molecular weight is 481 g/mol. The molecule has 0 spiro atoms. The van der Waals surface area contributed by atoms with Crippen LogP contribution in [0.4, 0.5) is 4.39 Å². The van der Waals surface area contributed by atoms with Crippen molar-refractivity contribution in [3.8, 4) is 0 Å². The normalized spacial score (nSPS) is 50.9. The molecule has 0 aromatic heterocycles. The van der Waals surface area contributed by atoms with Crippen LogP contribution in [0, 0.1) is 52.3 Å². The van der Waals surface area contributed by atoms with Gasteiger partial charge in [-0.15, -0.1) is 0 Å². The van der Waals surface area contributed by atoms with E-state index in [0.717, 1.165) is 24.7 Å². The van der Waals surface area contributed by atoms with E-state index in [0.29, 0.717) is 29.6 Å². The fraction of sp³-hybridized carbons (Fsp3) is 1.00. The SMILES string of the molecule is CCC[C@@H](C)[C@H]1CC[C@H]2[C@@H]3[C@H](O[Si](C)(C)C)[C@H](CC)[C@@H]4[C@@H](F)[C@H](O)CC[C@]4(C)[C@H]3CC[C@]12C. The lowest BCUT2D eigenvalue weighted by Gasteiger charge is -2.66. The molecule has 4 saturated carbocycles. The third-order valence-electron chi connectivity index (χ3n) is 11.4. The fourth-order valence-electron chi connectivity index (χ4n) is 10.1. The molecule has 0 heterocycles. The van der Waals surface area contributed by atoms with E-state index in [1.807, 2.05) is 0 Å². The lowest BCUT2D eigenvalue weighted by atomic mass is 9.41. The zero-order chi connectivity index (χ0) is 24.3. The van der Waals surface area contributed by atoms with Gasteiger partial charge in [0.05, 0.1) is 12.2 Å². The molecule has 0 unspecified atom stereocenters. The summed E-state index contributed by atoms with van der Waals surface area (Å²) < 4.78 is 23.0. The molecular weight excluding hydrogens is 427 g/mol. The molecule has 4 heteroatoms. The van der Waals surface area contributed by atoms with Crippen LogP contribution >= 0.6 is 0 Å². The summed E-state index contributed by atoms with van der Waals surface area (Å²) in [6, 6.07) is 0. The van der Waals surface area contributed by atoms with Gasteiger partial charge in [-0.2, -0.15) is 0 Å². The first-order chi connectivity index (χ1) is 15.4. The zero-order valence-electron chi connectivity index (χ0n) is 22.9. The van der Waals surface area contributed by atoms with Gasteiger partial charge in [0.1, 0.15) is 6.17 Å². The minimum absolute atomic E-state index is 0.00224. The molecule has 0 aromatic rings. The summed E-state index contributed by atoms with van der Waals surface area (Å²) >= 11 is 0. The maximum absolute atomic E-state index is 15.9. The average Bonchev–Trinajstić information content (AvgIpc) is 3.08. The number of hydrogen-bond acceptors (Lipinski definition) is 2. The predicted molar refractivity (Wildman–Crippen MR) is 138 cm³/mol. The van der Waals surface area contributed by atoms with Crippen LogP contribution in [-0.4, -0.2) is 31.8 Å². The molecule has 4 rings (SSSR count). The van der Waals surface area contributed by atoms with Crippen molar-refractivity contribution in [3.63, 3.8) is 0 Å². The highest BCUT2D eigenvalue weighted by Gasteiger charge is 2.67. The van der Waals surface area contributed by atoms with Crippen LogP contribution in [-0.2, 0) is 4.43 Å². The number of aliphatic hydroxyl groups excluding tert-OH is 1. The van der Waals surface area contributed by atoms with E-state index in [1.165, 1.54) is 38.5 Å². The highest BCUT2D eigenvalue weighted by atomic mass is 28.4. The minimum atomic E-state index is -1.80. The summed E-state index contributed by atoms with van der Waals surface area (Å²) in [5, 5.41) is 10.6. The van der Waals surface area contributed by atoms with Crippen LogP contribution in [0.5, 0.6) is 0 Å². The van der Waals surface area contributed by atoms with Gasteiger partial charge in [0, 0.05) is 5.92 Å². The van der Waals surface area contributed by atoms with Crippen molar-refractivity contribution in [3.05, 3.63) is 0 Å². The zero-order valence-corrected chi connectivity index (χ0v) is 23.9. The first-order valence-corrected chi connectivity index (χ1v) is 17.8. The molecular formula is C29H53FO2Si. The third kappa shape index (κ3) is 4.20. The van der Waals surface area contributed by atoms with E-state index in [9.17, 15) is 5.11 Å². The second kappa shape index (κ2) is 9.18. The van der Waals surface area contributed by atoms with Crippen LogP contribution < -0.4 is 0 Å². The monoisotopic (exact) mass is 480 g/mol. The number of hydrogen-bond donors (Lipinski definition) is 1. The van der Waals surface area contributed by atoms with Crippen LogP contribution in [0.25, 0.3) is 0 Å². The van der Waals surface area contributed by atoms with Gasteiger partial charge in [-0.05, 0) is 105 Å². The van der Waals surface area contributed by atoms with E-state index in [2.05, 4.69) is 54.3 Å². The van der Waals surface area contributed by atoms with Gasteiger partial charge >= 0.3 is 0 Å². The predicted octanol–water partition coefficient (Wildman–Crippen LogP) is 7.86. The number of rotatable bonds is 6. The van der Waals surface area contributed by atoms with Crippen molar-refractivity contribution < 1.29 is 13.9 Å². The molecule has 1 N–H and O–H groups in total. The largest absolute Gasteiger partial charge is 0.414 e. The Labute approximate surface area is 205 Å². The summed E-state index contributed by atoms with van der Waals surface area (Å²) in [6.45, 7) is 19.1. The number of fused-ring (bicyclic) bond motifs is 5. The molecule has 12 atom stereocenters. The van der Waals surface area contributed by atoms with E-state index < -0.39 is 20.6 Å². The summed E-state index contributed by atoms with van der Waals surface area (Å²) in [5.41, 5.74) is 0.402. The Hall–Kier alpha value is 0.0669. The highest BCUT2D eigenvalue weighted by molar-refractivity contribution is 6.69. The quantitative estimate of drug-likeness (QED) is 0.392. The van der Waals surface area contributed by atoms with E-state index >= 15 is 4.39 Å². The molecule has 33 heavy (non-hydrogen) atoms. The Morgan fingerprint density at radius 1 is 1.00 bits per heavy atom. The standard InChI is InChI=1S/C29H53FO2Si/c1-9-11-18(3)20-12-13-21-24-22(14-16-28(20,21)4)29(5)17-15-23(31)26(30)25(29)19(10-2)27(24)32-33(6,7)8/h18-27,31H,9-17H2,1-8H3/t18-,19-,20-,21+,22+,23-,24+,25-,26+,27-,28-,29-/m1/s1. The molecule has 0 saturated heterocycles. The first kappa shape index (κ1) is 26.1. The van der Waals surface area contributed by atoms with Gasteiger partial charge < -0.3 is 9.53 Å². The van der Waals surface area contributed by atoms with Crippen molar-refractivity contribution in [2.24, 2.45) is 52.3 Å². The molecule has 2 nitrogen and oxygen atoms in total. The Bertz CT molecular complexity index is 694. The Morgan fingerprint density at radius 3 is 2.24 bits per heavy atom. The van der Waals surface area contributed by atoms with Gasteiger partial charge in [0.2, 0.25) is 0 Å². The summed E-state index contributed by atoms with van der Waals surface area (Å²) in [5.74, 6) is 3.59. The number of aliphatic hydroxyl groups is 1. The number of alkyl halides is 1. The maximum atomic E-state index is 15.9. The molecule has 0 aromatic carbocycles. The first-order valence-electron chi connectivity index (χ1n) is 14.4. The van der Waals surface area contributed by atoms with Crippen LogP contribution in [0.1, 0.15) is 92.4 Å². The number of halogens is 1.